The summed E-state index contributed by atoms with van der Waals surface area (Å²) in [5.74, 6) is 0. The molecule has 0 atom stereocenters. The maximum absolute atomic E-state index is 3.09. The minimum absolute atomic E-state index is 1.06. The zero-order chi connectivity index (χ0) is 6.95. The van der Waals surface area contributed by atoms with Crippen LogP contribution in [0.15, 0.2) is 0 Å². The van der Waals surface area contributed by atoms with E-state index >= 15 is 0 Å². The van der Waals surface area contributed by atoms with E-state index in [9.17, 15) is 0 Å². The summed E-state index contributed by atoms with van der Waals surface area (Å²) in [6.07, 6.45) is 7.64. The lowest BCUT2D eigenvalue weighted by Crippen LogP contribution is -2.07. The van der Waals surface area contributed by atoms with Crippen molar-refractivity contribution in [1.29, 1.82) is 0 Å². The summed E-state index contributed by atoms with van der Waals surface area (Å²) in [5, 5.41) is 3.09. The van der Waals surface area contributed by atoms with Gasteiger partial charge in [0.1, 0.15) is 0 Å². The quantitative estimate of drug-likeness (QED) is 0.539. The van der Waals surface area contributed by atoms with Gasteiger partial charge in [0.05, 0.1) is 0 Å². The van der Waals surface area contributed by atoms with Crippen LogP contribution in [0.2, 0.25) is 0 Å². The van der Waals surface area contributed by atoms with Crippen LogP contribution in [0.25, 0.3) is 0 Å². The van der Waals surface area contributed by atoms with Gasteiger partial charge in [-0.25, -0.2) is 0 Å². The maximum Gasteiger partial charge on any atom is -0.00204 e. The normalized spacial score (nSPS) is 10.0. The highest BCUT2D eigenvalue weighted by Crippen LogP contribution is 1.99. The van der Waals surface area contributed by atoms with E-state index < -0.39 is 0 Å². The fourth-order valence-electron chi connectivity index (χ4n) is 0.785. The summed E-state index contributed by atoms with van der Waals surface area (Å²) >= 11 is 0. The van der Waals surface area contributed by atoms with Crippen LogP contribution in [0, 0.1) is 6.42 Å². The Balaban J connectivity index is 2.60. The number of hydrogen-bond donors (Lipinski definition) is 1. The Morgan fingerprint density at radius 3 is 2.67 bits per heavy atom. The van der Waals surface area contributed by atoms with Gasteiger partial charge in [-0.05, 0) is 26.4 Å². The van der Waals surface area contributed by atoms with E-state index in [1.54, 1.807) is 0 Å². The Morgan fingerprint density at radius 1 is 1.33 bits per heavy atom. The van der Waals surface area contributed by atoms with Crippen molar-refractivity contribution >= 4 is 0 Å². The summed E-state index contributed by atoms with van der Waals surface area (Å²) < 4.78 is 0. The molecule has 0 saturated carbocycles. The fourth-order valence-corrected chi connectivity index (χ4v) is 0.785. The first kappa shape index (κ1) is 8.96. The molecule has 1 N–H and O–H groups in total. The minimum atomic E-state index is 1.06. The Kier molecular flexibility index (Phi) is 7.92. The first-order chi connectivity index (χ1) is 4.41. The van der Waals surface area contributed by atoms with Crippen LogP contribution in [0.5, 0.6) is 0 Å². The second-order valence-electron chi connectivity index (χ2n) is 2.34. The van der Waals surface area contributed by atoms with E-state index in [4.69, 9.17) is 0 Å². The molecular formula is C8H18N. The number of unbranched alkanes of at least 4 members (excludes halogenated alkanes) is 4. The van der Waals surface area contributed by atoms with Gasteiger partial charge in [0, 0.05) is 0 Å². The van der Waals surface area contributed by atoms with Gasteiger partial charge in [0.15, 0.2) is 0 Å². The molecule has 0 bridgehead atoms. The zero-order valence-corrected chi connectivity index (χ0v) is 6.61. The van der Waals surface area contributed by atoms with E-state index in [1.807, 2.05) is 7.05 Å². The summed E-state index contributed by atoms with van der Waals surface area (Å²) in [6.45, 7) is 3.29. The lowest BCUT2D eigenvalue weighted by molar-refractivity contribution is 0.689. The topological polar surface area (TPSA) is 12.0 Å². The Hall–Kier alpha value is -0.0400. The van der Waals surface area contributed by atoms with E-state index in [0.717, 1.165) is 6.54 Å². The van der Waals surface area contributed by atoms with Gasteiger partial charge in [-0.1, -0.05) is 26.2 Å². The molecule has 0 heterocycles. The highest BCUT2D eigenvalue weighted by Gasteiger charge is 1.85. The van der Waals surface area contributed by atoms with Crippen LogP contribution < -0.4 is 5.32 Å². The Bertz CT molecular complexity index is 37.8. The van der Waals surface area contributed by atoms with Crippen LogP contribution in [0.4, 0.5) is 0 Å². The minimum Gasteiger partial charge on any atom is -0.319 e. The molecule has 0 aromatic carbocycles. The van der Waals surface area contributed by atoms with Crippen LogP contribution in [-0.2, 0) is 0 Å². The van der Waals surface area contributed by atoms with Crippen LogP contribution in [0.1, 0.15) is 32.6 Å². The summed E-state index contributed by atoms with van der Waals surface area (Å²) in [5.41, 5.74) is 0. The standard InChI is InChI=1S/C8H18N/c1-3-4-5-6-7-8-9-2/h7,9H,3-6,8H2,1-2H3. The zero-order valence-electron chi connectivity index (χ0n) is 6.61. The van der Waals surface area contributed by atoms with Gasteiger partial charge in [-0.2, -0.15) is 0 Å². The summed E-state index contributed by atoms with van der Waals surface area (Å²) in [7, 11) is 1.98. The third-order valence-corrected chi connectivity index (χ3v) is 1.36. The highest BCUT2D eigenvalue weighted by molar-refractivity contribution is 4.65. The van der Waals surface area contributed by atoms with E-state index in [2.05, 4.69) is 18.7 Å². The number of nitrogens with one attached hydrogen (secondary N) is 1. The molecule has 1 nitrogen and oxygen atoms in total. The smallest absolute Gasteiger partial charge is 0.00204 e. The molecule has 0 amide bonds. The molecule has 0 aliphatic rings. The van der Waals surface area contributed by atoms with Crippen LogP contribution in [0.3, 0.4) is 0 Å². The molecule has 1 radical (unpaired) electrons. The van der Waals surface area contributed by atoms with Gasteiger partial charge in [-0.15, -0.1) is 0 Å². The number of hydrogen-bond acceptors (Lipinski definition) is 1. The third kappa shape index (κ3) is 7.96. The van der Waals surface area contributed by atoms with Gasteiger partial charge >= 0.3 is 0 Å². The summed E-state index contributed by atoms with van der Waals surface area (Å²) in [4.78, 5) is 0. The molecule has 9 heavy (non-hydrogen) atoms. The molecule has 1 heteroatoms. The SMILES string of the molecule is CCCCC[CH]CNC. The van der Waals surface area contributed by atoms with Crippen molar-refractivity contribution < 1.29 is 0 Å². The fraction of sp³-hybridized carbons (Fsp3) is 0.875. The molecule has 0 rings (SSSR count). The summed E-state index contributed by atoms with van der Waals surface area (Å²) in [6, 6.07) is 0. The Morgan fingerprint density at radius 2 is 2.11 bits per heavy atom. The molecule has 0 unspecified atom stereocenters. The second-order valence-corrected chi connectivity index (χ2v) is 2.34. The first-order valence-electron chi connectivity index (χ1n) is 3.88. The molecule has 0 aliphatic carbocycles. The van der Waals surface area contributed by atoms with Crippen molar-refractivity contribution in [2.75, 3.05) is 13.6 Å². The van der Waals surface area contributed by atoms with Crippen molar-refractivity contribution in [1.82, 2.24) is 5.32 Å². The van der Waals surface area contributed by atoms with Crippen molar-refractivity contribution in [3.63, 3.8) is 0 Å². The van der Waals surface area contributed by atoms with Crippen LogP contribution >= 0.6 is 0 Å². The third-order valence-electron chi connectivity index (χ3n) is 1.36. The maximum atomic E-state index is 3.09. The molecule has 0 spiro atoms. The molecule has 0 aromatic rings. The predicted octanol–water partition coefficient (Wildman–Crippen LogP) is 1.99. The Labute approximate surface area is 58.8 Å². The van der Waals surface area contributed by atoms with Crippen molar-refractivity contribution in [3.05, 3.63) is 6.42 Å². The van der Waals surface area contributed by atoms with E-state index in [-0.39, 0.29) is 0 Å². The monoisotopic (exact) mass is 128 g/mol. The highest BCUT2D eigenvalue weighted by atomic mass is 14.8. The number of rotatable bonds is 6. The van der Waals surface area contributed by atoms with Crippen LogP contribution in [-0.4, -0.2) is 13.6 Å². The van der Waals surface area contributed by atoms with Gasteiger partial charge in [0.25, 0.3) is 0 Å². The van der Waals surface area contributed by atoms with Crippen molar-refractivity contribution in [3.8, 4) is 0 Å². The van der Waals surface area contributed by atoms with Gasteiger partial charge in [0.2, 0.25) is 0 Å². The second kappa shape index (κ2) is 7.96. The predicted molar refractivity (Wildman–Crippen MR) is 42.4 cm³/mol. The average molecular weight is 128 g/mol. The van der Waals surface area contributed by atoms with Crippen molar-refractivity contribution in [2.24, 2.45) is 0 Å². The molecule has 0 aromatic heterocycles. The van der Waals surface area contributed by atoms with Crippen molar-refractivity contribution in [2.45, 2.75) is 32.6 Å². The molecular weight excluding hydrogens is 110 g/mol. The molecule has 55 valence electrons. The lowest BCUT2D eigenvalue weighted by atomic mass is 10.1. The largest absolute Gasteiger partial charge is 0.319 e. The molecule has 0 saturated heterocycles. The van der Waals surface area contributed by atoms with Gasteiger partial charge in [-0.3, -0.25) is 0 Å². The molecule has 0 fully saturated rings. The average Bonchev–Trinajstić information content (AvgIpc) is 1.89. The van der Waals surface area contributed by atoms with Gasteiger partial charge < -0.3 is 5.32 Å². The van der Waals surface area contributed by atoms with E-state index in [1.165, 1.54) is 25.7 Å². The first-order valence-corrected chi connectivity index (χ1v) is 3.88. The molecule has 0 aliphatic heterocycles. The lowest BCUT2D eigenvalue weighted by Gasteiger charge is -1.96. The van der Waals surface area contributed by atoms with E-state index in [0.29, 0.717) is 0 Å².